The number of ether oxygens (including phenoxy) is 1. The lowest BCUT2D eigenvalue weighted by Gasteiger charge is -2.08. The lowest BCUT2D eigenvalue weighted by Crippen LogP contribution is -2.25. The van der Waals surface area contributed by atoms with Crippen molar-refractivity contribution in [2.24, 2.45) is 5.92 Å². The lowest BCUT2D eigenvalue weighted by molar-refractivity contribution is 0.115. The van der Waals surface area contributed by atoms with E-state index >= 15 is 0 Å². The van der Waals surface area contributed by atoms with Gasteiger partial charge in [0.25, 0.3) is 5.56 Å². The zero-order valence-corrected chi connectivity index (χ0v) is 12.9. The first-order valence-corrected chi connectivity index (χ1v) is 6.96. The molecule has 6 heteroatoms. The summed E-state index contributed by atoms with van der Waals surface area (Å²) in [5, 5.41) is 0.257. The fourth-order valence-corrected chi connectivity index (χ4v) is 1.76. The summed E-state index contributed by atoms with van der Waals surface area (Å²) in [7, 11) is 0. The van der Waals surface area contributed by atoms with Gasteiger partial charge in [0, 0.05) is 6.61 Å². The maximum Gasteiger partial charge on any atom is 0.268 e. The van der Waals surface area contributed by atoms with Crippen LogP contribution < -0.4 is 5.56 Å². The Bertz CT molecular complexity index is 420. The van der Waals surface area contributed by atoms with Gasteiger partial charge in [-0.3, -0.25) is 9.36 Å². The van der Waals surface area contributed by atoms with E-state index in [9.17, 15) is 4.79 Å². The number of hydrogen-bond donors (Lipinski definition) is 0. The summed E-state index contributed by atoms with van der Waals surface area (Å²) in [6, 6.07) is 0. The fourth-order valence-electron chi connectivity index (χ4n) is 1.19. The smallest absolute Gasteiger partial charge is 0.268 e. The molecule has 0 atom stereocenters. The Kier molecular flexibility index (Phi) is 6.43. The summed E-state index contributed by atoms with van der Waals surface area (Å²) in [5.41, 5.74) is -0.113. The average molecular weight is 371 g/mol. The molecule has 0 aliphatic carbocycles. The van der Waals surface area contributed by atoms with Gasteiger partial charge in [-0.25, -0.2) is 4.98 Å². The molecule has 96 valence electrons. The molecular weight excluding hydrogens is 354 g/mol. The molecule has 0 spiro atoms. The van der Waals surface area contributed by atoms with Crippen molar-refractivity contribution in [3.8, 4) is 0 Å². The van der Waals surface area contributed by atoms with E-state index in [0.717, 1.165) is 13.0 Å². The zero-order chi connectivity index (χ0) is 12.8. The minimum atomic E-state index is -0.113. The Morgan fingerprint density at radius 3 is 2.88 bits per heavy atom. The maximum absolute atomic E-state index is 11.7. The number of rotatable bonds is 6. The van der Waals surface area contributed by atoms with Crippen molar-refractivity contribution >= 4 is 34.2 Å². The molecule has 0 fully saturated rings. The number of hydrogen-bond acceptors (Lipinski definition) is 3. The van der Waals surface area contributed by atoms with Crippen molar-refractivity contribution < 1.29 is 4.74 Å². The van der Waals surface area contributed by atoms with Crippen LogP contribution in [0, 0.1) is 9.49 Å². The van der Waals surface area contributed by atoms with Crippen molar-refractivity contribution in [3.05, 3.63) is 25.4 Å². The summed E-state index contributed by atoms with van der Waals surface area (Å²) in [6.45, 7) is 6.06. The predicted molar refractivity (Wildman–Crippen MR) is 76.5 cm³/mol. The number of aromatic nitrogens is 2. The maximum atomic E-state index is 11.7. The molecule has 0 bridgehead atoms. The highest BCUT2D eigenvalue weighted by molar-refractivity contribution is 14.1. The Morgan fingerprint density at radius 1 is 1.53 bits per heavy atom. The molecule has 0 saturated carbocycles. The molecule has 17 heavy (non-hydrogen) atoms. The quantitative estimate of drug-likeness (QED) is 0.439. The third-order valence-corrected chi connectivity index (χ3v) is 3.83. The van der Waals surface area contributed by atoms with Gasteiger partial charge in [-0.1, -0.05) is 25.4 Å². The standard InChI is InChI=1S/C11H16ClIN2O2/c1-8(2)3-5-17-6-4-15-7-14-10(12)9(13)11(15)16/h7-8H,3-6H2,1-2H3. The highest BCUT2D eigenvalue weighted by Gasteiger charge is 2.06. The summed E-state index contributed by atoms with van der Waals surface area (Å²) >= 11 is 7.64. The van der Waals surface area contributed by atoms with E-state index < -0.39 is 0 Å². The first-order valence-electron chi connectivity index (χ1n) is 5.50. The van der Waals surface area contributed by atoms with E-state index in [2.05, 4.69) is 18.8 Å². The van der Waals surface area contributed by atoms with Crippen LogP contribution in [-0.4, -0.2) is 22.8 Å². The Balaban J connectivity index is 2.43. The molecular formula is C11H16ClIN2O2. The Morgan fingerprint density at radius 2 is 2.24 bits per heavy atom. The van der Waals surface area contributed by atoms with Crippen molar-refractivity contribution in [3.63, 3.8) is 0 Å². The summed E-state index contributed by atoms with van der Waals surface area (Å²) in [4.78, 5) is 15.7. The van der Waals surface area contributed by atoms with Gasteiger partial charge in [0.1, 0.15) is 8.72 Å². The molecule has 0 aromatic carbocycles. The van der Waals surface area contributed by atoms with Gasteiger partial charge in [0.2, 0.25) is 0 Å². The summed E-state index contributed by atoms with van der Waals surface area (Å²) in [6.07, 6.45) is 2.49. The van der Waals surface area contributed by atoms with Crippen LogP contribution in [0.15, 0.2) is 11.1 Å². The highest BCUT2D eigenvalue weighted by atomic mass is 127. The summed E-state index contributed by atoms with van der Waals surface area (Å²) < 4.78 is 7.42. The second kappa shape index (κ2) is 7.33. The van der Waals surface area contributed by atoms with E-state index in [1.54, 1.807) is 0 Å². The van der Waals surface area contributed by atoms with E-state index in [-0.39, 0.29) is 10.7 Å². The SMILES string of the molecule is CC(C)CCOCCn1cnc(Cl)c(I)c1=O. The van der Waals surface area contributed by atoms with Crippen molar-refractivity contribution in [2.75, 3.05) is 13.2 Å². The second-order valence-corrected chi connectivity index (χ2v) is 5.58. The third kappa shape index (κ3) is 4.93. The van der Waals surface area contributed by atoms with Crippen LogP contribution in [0.1, 0.15) is 20.3 Å². The third-order valence-electron chi connectivity index (χ3n) is 2.26. The zero-order valence-electron chi connectivity index (χ0n) is 9.95. The second-order valence-electron chi connectivity index (χ2n) is 4.14. The molecule has 1 rings (SSSR count). The number of nitrogens with zero attached hydrogens (tertiary/aromatic N) is 2. The lowest BCUT2D eigenvalue weighted by atomic mass is 10.1. The van der Waals surface area contributed by atoms with Gasteiger partial charge in [-0.15, -0.1) is 0 Å². The average Bonchev–Trinajstić information content (AvgIpc) is 2.28. The van der Waals surface area contributed by atoms with Gasteiger partial charge in [0.15, 0.2) is 0 Å². The van der Waals surface area contributed by atoms with Gasteiger partial charge < -0.3 is 4.74 Å². The van der Waals surface area contributed by atoms with Crippen LogP contribution >= 0.6 is 34.2 Å². The van der Waals surface area contributed by atoms with Crippen LogP contribution in [0.2, 0.25) is 5.15 Å². The van der Waals surface area contributed by atoms with Crippen LogP contribution in [-0.2, 0) is 11.3 Å². The normalized spacial score (nSPS) is 11.1. The van der Waals surface area contributed by atoms with Crippen molar-refractivity contribution in [1.82, 2.24) is 9.55 Å². The van der Waals surface area contributed by atoms with Crippen LogP contribution in [0.3, 0.4) is 0 Å². The van der Waals surface area contributed by atoms with E-state index in [1.165, 1.54) is 10.9 Å². The monoisotopic (exact) mass is 370 g/mol. The summed E-state index contributed by atoms with van der Waals surface area (Å²) in [5.74, 6) is 0.635. The fraction of sp³-hybridized carbons (Fsp3) is 0.636. The van der Waals surface area contributed by atoms with E-state index in [0.29, 0.717) is 22.6 Å². The van der Waals surface area contributed by atoms with Crippen molar-refractivity contribution in [2.45, 2.75) is 26.8 Å². The molecule has 0 aliphatic heterocycles. The van der Waals surface area contributed by atoms with Crippen LogP contribution in [0.4, 0.5) is 0 Å². The minimum absolute atomic E-state index is 0.113. The molecule has 0 unspecified atom stereocenters. The number of halogens is 2. The molecule has 1 aromatic rings. The predicted octanol–water partition coefficient (Wildman–Crippen LogP) is 2.56. The first-order chi connectivity index (χ1) is 8.02. The molecule has 1 heterocycles. The van der Waals surface area contributed by atoms with Crippen LogP contribution in [0.5, 0.6) is 0 Å². The molecule has 0 saturated heterocycles. The Labute approximate surface area is 119 Å². The van der Waals surface area contributed by atoms with E-state index in [4.69, 9.17) is 16.3 Å². The van der Waals surface area contributed by atoms with Gasteiger partial charge in [-0.05, 0) is 34.9 Å². The van der Waals surface area contributed by atoms with Gasteiger partial charge >= 0.3 is 0 Å². The molecule has 4 nitrogen and oxygen atoms in total. The van der Waals surface area contributed by atoms with Crippen LogP contribution in [0.25, 0.3) is 0 Å². The minimum Gasteiger partial charge on any atom is -0.380 e. The molecule has 1 aromatic heterocycles. The molecule has 0 N–H and O–H groups in total. The first kappa shape index (κ1) is 14.9. The van der Waals surface area contributed by atoms with E-state index in [1.807, 2.05) is 22.6 Å². The molecule has 0 amide bonds. The topological polar surface area (TPSA) is 44.1 Å². The van der Waals surface area contributed by atoms with Gasteiger partial charge in [0.05, 0.1) is 19.5 Å². The molecule has 0 radical (unpaired) electrons. The van der Waals surface area contributed by atoms with Gasteiger partial charge in [-0.2, -0.15) is 0 Å². The molecule has 0 aliphatic rings. The largest absolute Gasteiger partial charge is 0.380 e. The highest BCUT2D eigenvalue weighted by Crippen LogP contribution is 2.09. The van der Waals surface area contributed by atoms with Crippen molar-refractivity contribution in [1.29, 1.82) is 0 Å². The Hall–Kier alpha value is -0.140.